The Hall–Kier alpha value is -3.19. The van der Waals surface area contributed by atoms with Crippen molar-refractivity contribution in [2.24, 2.45) is 0 Å². The van der Waals surface area contributed by atoms with E-state index in [0.29, 0.717) is 22.9 Å². The third kappa shape index (κ3) is 4.07. The number of carbonyl (C=O) groups is 1. The van der Waals surface area contributed by atoms with Gasteiger partial charge in [-0.05, 0) is 30.3 Å². The summed E-state index contributed by atoms with van der Waals surface area (Å²) in [6.45, 7) is 0. The highest BCUT2D eigenvalue weighted by molar-refractivity contribution is 6.31. The molecule has 0 spiro atoms. The third-order valence-corrected chi connectivity index (χ3v) is 3.74. The first-order valence-corrected chi connectivity index (χ1v) is 7.93. The molecule has 1 amide bonds. The molecule has 0 aliphatic rings. The van der Waals surface area contributed by atoms with Gasteiger partial charge in [0.2, 0.25) is 0 Å². The highest BCUT2D eigenvalue weighted by Crippen LogP contribution is 2.24. The van der Waals surface area contributed by atoms with Crippen LogP contribution in [0.3, 0.4) is 0 Å². The molecule has 6 nitrogen and oxygen atoms in total. The van der Waals surface area contributed by atoms with Crippen LogP contribution in [-0.4, -0.2) is 23.0 Å². The maximum absolute atomic E-state index is 13.2. The Labute approximate surface area is 154 Å². The summed E-state index contributed by atoms with van der Waals surface area (Å²) in [7, 11) is 1.52. The van der Waals surface area contributed by atoms with Crippen LogP contribution in [0.5, 0.6) is 5.75 Å². The summed E-state index contributed by atoms with van der Waals surface area (Å²) >= 11 is 5.76. The second-order valence-corrected chi connectivity index (χ2v) is 5.60. The number of benzene rings is 2. The molecule has 0 saturated carbocycles. The van der Waals surface area contributed by atoms with Gasteiger partial charge in [0, 0.05) is 11.8 Å². The van der Waals surface area contributed by atoms with Crippen LogP contribution in [-0.2, 0) is 0 Å². The Morgan fingerprint density at radius 2 is 1.96 bits per heavy atom. The summed E-state index contributed by atoms with van der Waals surface area (Å²) in [6, 6.07) is 12.7. The van der Waals surface area contributed by atoms with E-state index in [-0.39, 0.29) is 10.7 Å². The molecule has 3 rings (SSSR count). The van der Waals surface area contributed by atoms with Crippen molar-refractivity contribution in [3.63, 3.8) is 0 Å². The fourth-order valence-corrected chi connectivity index (χ4v) is 2.39. The lowest BCUT2D eigenvalue weighted by atomic mass is 10.2. The quantitative estimate of drug-likeness (QED) is 0.699. The average Bonchev–Trinajstić information content (AvgIpc) is 2.65. The van der Waals surface area contributed by atoms with E-state index in [0.717, 1.165) is 0 Å². The average molecular weight is 373 g/mol. The second kappa shape index (κ2) is 7.79. The topological polar surface area (TPSA) is 76.1 Å². The number of nitrogens with one attached hydrogen (secondary N) is 2. The van der Waals surface area contributed by atoms with E-state index in [1.165, 1.54) is 37.7 Å². The number of amides is 1. The minimum atomic E-state index is -0.517. The first kappa shape index (κ1) is 17.6. The summed E-state index contributed by atoms with van der Waals surface area (Å²) in [6.07, 6.45) is 1.25. The lowest BCUT2D eigenvalue weighted by molar-refractivity contribution is 0.102. The Balaban J connectivity index is 1.78. The van der Waals surface area contributed by atoms with Gasteiger partial charge in [0.05, 0.1) is 17.8 Å². The van der Waals surface area contributed by atoms with Crippen molar-refractivity contribution in [3.8, 4) is 5.75 Å². The number of rotatable bonds is 5. The number of aromatic nitrogens is 2. The molecule has 1 heterocycles. The van der Waals surface area contributed by atoms with Crippen LogP contribution >= 0.6 is 11.6 Å². The molecule has 0 aliphatic heterocycles. The molecule has 0 fully saturated rings. The molecule has 0 unspecified atom stereocenters. The second-order valence-electron chi connectivity index (χ2n) is 5.20. The van der Waals surface area contributed by atoms with Crippen LogP contribution in [0.25, 0.3) is 0 Å². The Morgan fingerprint density at radius 1 is 1.15 bits per heavy atom. The number of para-hydroxylation sites is 2. The first-order chi connectivity index (χ1) is 12.6. The highest BCUT2D eigenvalue weighted by atomic mass is 35.5. The Morgan fingerprint density at radius 3 is 2.73 bits per heavy atom. The largest absolute Gasteiger partial charge is 0.495 e. The van der Waals surface area contributed by atoms with Crippen LogP contribution < -0.4 is 15.4 Å². The van der Waals surface area contributed by atoms with Gasteiger partial charge in [-0.25, -0.2) is 14.4 Å². The number of carbonyl (C=O) groups excluding carboxylic acids is 1. The maximum atomic E-state index is 13.2. The summed E-state index contributed by atoms with van der Waals surface area (Å²) < 4.78 is 18.4. The molecule has 0 atom stereocenters. The van der Waals surface area contributed by atoms with Gasteiger partial charge in [0.1, 0.15) is 29.4 Å². The summed E-state index contributed by atoms with van der Waals surface area (Å²) in [5.74, 6) is -0.0315. The molecule has 26 heavy (non-hydrogen) atoms. The lowest BCUT2D eigenvalue weighted by Crippen LogP contribution is -2.15. The number of hydrogen-bond donors (Lipinski definition) is 2. The van der Waals surface area contributed by atoms with Crippen molar-refractivity contribution in [2.45, 2.75) is 0 Å². The molecule has 0 saturated heterocycles. The van der Waals surface area contributed by atoms with E-state index in [4.69, 9.17) is 16.3 Å². The van der Waals surface area contributed by atoms with Gasteiger partial charge < -0.3 is 15.4 Å². The minimum absolute atomic E-state index is 0.0156. The van der Waals surface area contributed by atoms with Crippen LogP contribution in [0.1, 0.15) is 10.5 Å². The zero-order valence-corrected chi connectivity index (χ0v) is 14.4. The van der Waals surface area contributed by atoms with Gasteiger partial charge in [-0.1, -0.05) is 23.7 Å². The van der Waals surface area contributed by atoms with E-state index in [1.807, 2.05) is 0 Å². The monoisotopic (exact) mass is 372 g/mol. The van der Waals surface area contributed by atoms with Crippen molar-refractivity contribution >= 4 is 34.7 Å². The molecule has 8 heteroatoms. The van der Waals surface area contributed by atoms with Gasteiger partial charge in [0.15, 0.2) is 0 Å². The van der Waals surface area contributed by atoms with E-state index >= 15 is 0 Å². The van der Waals surface area contributed by atoms with Crippen molar-refractivity contribution in [1.29, 1.82) is 0 Å². The number of hydrogen-bond acceptors (Lipinski definition) is 5. The van der Waals surface area contributed by atoms with Crippen LogP contribution in [0.2, 0.25) is 5.02 Å². The van der Waals surface area contributed by atoms with E-state index < -0.39 is 11.7 Å². The van der Waals surface area contributed by atoms with E-state index in [1.54, 1.807) is 24.3 Å². The predicted octanol–water partition coefficient (Wildman–Crippen LogP) is 4.27. The minimum Gasteiger partial charge on any atom is -0.495 e. The lowest BCUT2D eigenvalue weighted by Gasteiger charge is -2.10. The molecule has 2 aromatic carbocycles. The fraction of sp³-hybridized carbons (Fsp3) is 0.0556. The number of halogens is 2. The molecule has 3 aromatic rings. The van der Waals surface area contributed by atoms with E-state index in [2.05, 4.69) is 20.6 Å². The summed E-state index contributed by atoms with van der Waals surface area (Å²) in [4.78, 5) is 20.5. The summed E-state index contributed by atoms with van der Waals surface area (Å²) in [5, 5.41) is 5.66. The van der Waals surface area contributed by atoms with Gasteiger partial charge in [0.25, 0.3) is 5.91 Å². The normalized spacial score (nSPS) is 10.3. The Kier molecular flexibility index (Phi) is 5.28. The number of nitrogens with zero attached hydrogens (tertiary/aromatic N) is 2. The van der Waals surface area contributed by atoms with Crippen molar-refractivity contribution < 1.29 is 13.9 Å². The molecular formula is C18H14ClFN4O2. The van der Waals surface area contributed by atoms with Gasteiger partial charge >= 0.3 is 0 Å². The molecule has 1 aromatic heterocycles. The van der Waals surface area contributed by atoms with Gasteiger partial charge in [-0.15, -0.1) is 0 Å². The SMILES string of the molecule is COc1ccccc1NC(=O)c1cc(Nc2ccc(F)c(Cl)c2)ncn1. The van der Waals surface area contributed by atoms with Crippen molar-refractivity contribution in [3.05, 3.63) is 71.4 Å². The molecule has 132 valence electrons. The maximum Gasteiger partial charge on any atom is 0.274 e. The molecular weight excluding hydrogens is 359 g/mol. The third-order valence-electron chi connectivity index (χ3n) is 3.45. The van der Waals surface area contributed by atoms with Crippen LogP contribution in [0.4, 0.5) is 21.6 Å². The number of anilines is 3. The van der Waals surface area contributed by atoms with Gasteiger partial charge in [-0.3, -0.25) is 4.79 Å². The van der Waals surface area contributed by atoms with Crippen LogP contribution in [0, 0.1) is 5.82 Å². The summed E-state index contributed by atoms with van der Waals surface area (Å²) in [5.41, 5.74) is 1.21. The van der Waals surface area contributed by atoms with Crippen LogP contribution in [0.15, 0.2) is 54.9 Å². The molecule has 0 bridgehead atoms. The molecule has 2 N–H and O–H groups in total. The Bertz CT molecular complexity index is 952. The zero-order valence-electron chi connectivity index (χ0n) is 13.7. The molecule has 0 radical (unpaired) electrons. The molecule has 0 aliphatic carbocycles. The van der Waals surface area contributed by atoms with Crippen molar-refractivity contribution in [2.75, 3.05) is 17.7 Å². The standard InChI is InChI=1S/C18H14ClFN4O2/c1-26-16-5-3-2-4-14(16)24-18(25)15-9-17(22-10-21-15)23-11-6-7-13(20)12(19)8-11/h2-10H,1H3,(H,24,25)(H,21,22,23). The first-order valence-electron chi connectivity index (χ1n) is 7.55. The highest BCUT2D eigenvalue weighted by Gasteiger charge is 2.12. The number of ether oxygens (including phenoxy) is 1. The van der Waals surface area contributed by atoms with Gasteiger partial charge in [-0.2, -0.15) is 0 Å². The fourth-order valence-electron chi connectivity index (χ4n) is 2.21. The van der Waals surface area contributed by atoms with E-state index in [9.17, 15) is 9.18 Å². The zero-order chi connectivity index (χ0) is 18.5. The van der Waals surface area contributed by atoms with Crippen molar-refractivity contribution in [1.82, 2.24) is 9.97 Å². The predicted molar refractivity (Wildman–Crippen MR) is 97.7 cm³/mol. The number of methoxy groups -OCH3 is 1. The smallest absolute Gasteiger partial charge is 0.274 e.